The van der Waals surface area contributed by atoms with E-state index in [0.717, 1.165) is 18.2 Å². The highest BCUT2D eigenvalue weighted by atomic mass is 32.2. The van der Waals surface area contributed by atoms with Gasteiger partial charge in [-0.05, 0) is 24.6 Å². The molecule has 3 rings (SSSR count). The van der Waals surface area contributed by atoms with Gasteiger partial charge in [-0.25, -0.2) is 13.8 Å². The number of amides is 1. The molecule has 146 valence electrons. The van der Waals surface area contributed by atoms with E-state index in [0.29, 0.717) is 11.0 Å². The number of pyridine rings is 1. The molecular weight excluding hydrogens is 386 g/mol. The maximum atomic E-state index is 14.8. The Morgan fingerprint density at radius 3 is 2.79 bits per heavy atom. The molecule has 0 saturated heterocycles. The number of aromatic amines is 1. The molecule has 0 radical (unpaired) electrons. The maximum absolute atomic E-state index is 14.8. The summed E-state index contributed by atoms with van der Waals surface area (Å²) in [5.74, 6) is -2.40. The molecule has 1 amide bonds. The van der Waals surface area contributed by atoms with Crippen molar-refractivity contribution in [2.24, 2.45) is 0 Å². The molecule has 0 aliphatic heterocycles. The first-order valence-electron chi connectivity index (χ1n) is 8.57. The Morgan fingerprint density at radius 1 is 1.29 bits per heavy atom. The molecule has 28 heavy (non-hydrogen) atoms. The number of benzene rings is 1. The standard InChI is InChI=1S/C19H18F2N4O2S/c1-3-6-28-25-14-5-4-13(20)15(16(14)21)17(26)12-9-24-18-11(12)7-10(8-23-18)19(27)22-2/h4-5,7-9,25H,3,6H2,1-2H3,(H,22,27)(H,23,24). The summed E-state index contributed by atoms with van der Waals surface area (Å²) in [5, 5.41) is 2.77. The fourth-order valence-corrected chi connectivity index (χ4v) is 3.28. The van der Waals surface area contributed by atoms with Gasteiger partial charge in [-0.15, -0.1) is 0 Å². The van der Waals surface area contributed by atoms with Crippen LogP contribution in [-0.2, 0) is 0 Å². The summed E-state index contributed by atoms with van der Waals surface area (Å²) in [5.41, 5.74) is -0.0226. The number of carbonyl (C=O) groups excluding carboxylic acids is 2. The van der Waals surface area contributed by atoms with Crippen LogP contribution in [0.4, 0.5) is 14.5 Å². The lowest BCUT2D eigenvalue weighted by molar-refractivity contribution is 0.0961. The minimum atomic E-state index is -0.960. The number of anilines is 1. The van der Waals surface area contributed by atoms with Crippen LogP contribution in [0.1, 0.15) is 39.6 Å². The van der Waals surface area contributed by atoms with Crippen LogP contribution < -0.4 is 10.0 Å². The van der Waals surface area contributed by atoms with Gasteiger partial charge in [0.15, 0.2) is 5.82 Å². The van der Waals surface area contributed by atoms with Crippen molar-refractivity contribution in [3.8, 4) is 0 Å². The van der Waals surface area contributed by atoms with E-state index >= 15 is 0 Å². The van der Waals surface area contributed by atoms with Gasteiger partial charge in [-0.2, -0.15) is 0 Å². The van der Waals surface area contributed by atoms with Crippen molar-refractivity contribution in [1.82, 2.24) is 15.3 Å². The number of rotatable bonds is 7. The molecular formula is C19H18F2N4O2S. The van der Waals surface area contributed by atoms with E-state index in [9.17, 15) is 18.4 Å². The summed E-state index contributed by atoms with van der Waals surface area (Å²) in [6.45, 7) is 1.97. The molecule has 6 nitrogen and oxygen atoms in total. The van der Waals surface area contributed by atoms with Crippen molar-refractivity contribution in [3.63, 3.8) is 0 Å². The maximum Gasteiger partial charge on any atom is 0.252 e. The van der Waals surface area contributed by atoms with Gasteiger partial charge in [0.1, 0.15) is 11.5 Å². The number of hydrogen-bond acceptors (Lipinski definition) is 5. The number of carbonyl (C=O) groups is 2. The van der Waals surface area contributed by atoms with Crippen molar-refractivity contribution in [2.45, 2.75) is 13.3 Å². The summed E-state index contributed by atoms with van der Waals surface area (Å²) in [4.78, 5) is 31.6. The van der Waals surface area contributed by atoms with Gasteiger partial charge in [0.05, 0.1) is 16.8 Å². The molecule has 0 aliphatic carbocycles. The van der Waals surface area contributed by atoms with Gasteiger partial charge in [-0.3, -0.25) is 9.59 Å². The average molecular weight is 404 g/mol. The number of aromatic nitrogens is 2. The molecule has 9 heteroatoms. The second-order valence-electron chi connectivity index (χ2n) is 5.97. The first-order chi connectivity index (χ1) is 13.5. The number of nitrogens with zero attached hydrogens (tertiary/aromatic N) is 1. The van der Waals surface area contributed by atoms with Crippen molar-refractivity contribution in [2.75, 3.05) is 17.5 Å². The Balaban J connectivity index is 2.04. The van der Waals surface area contributed by atoms with Crippen LogP contribution in [0.2, 0.25) is 0 Å². The molecule has 0 saturated carbocycles. The summed E-state index contributed by atoms with van der Waals surface area (Å²) in [6.07, 6.45) is 3.56. The highest BCUT2D eigenvalue weighted by molar-refractivity contribution is 8.00. The van der Waals surface area contributed by atoms with Crippen molar-refractivity contribution in [3.05, 3.63) is 58.9 Å². The molecule has 2 heterocycles. The van der Waals surface area contributed by atoms with Gasteiger partial charge in [0, 0.05) is 36.1 Å². The highest BCUT2D eigenvalue weighted by Gasteiger charge is 2.24. The third kappa shape index (κ3) is 3.70. The fraction of sp³-hybridized carbons (Fsp3) is 0.211. The summed E-state index contributed by atoms with van der Waals surface area (Å²) < 4.78 is 32.0. The fourth-order valence-electron chi connectivity index (χ4n) is 2.66. The number of nitrogens with one attached hydrogen (secondary N) is 3. The molecule has 0 aliphatic rings. The van der Waals surface area contributed by atoms with Crippen LogP contribution in [0, 0.1) is 11.6 Å². The van der Waals surface area contributed by atoms with E-state index in [4.69, 9.17) is 0 Å². The van der Waals surface area contributed by atoms with Gasteiger partial charge in [0.2, 0.25) is 5.78 Å². The molecule has 0 atom stereocenters. The topological polar surface area (TPSA) is 86.9 Å². The zero-order valence-electron chi connectivity index (χ0n) is 15.2. The van der Waals surface area contributed by atoms with Crippen LogP contribution in [0.15, 0.2) is 30.6 Å². The number of H-pyrrole nitrogens is 1. The third-order valence-electron chi connectivity index (χ3n) is 4.07. The molecule has 1 aromatic carbocycles. The number of ketones is 1. The zero-order chi connectivity index (χ0) is 20.3. The molecule has 0 spiro atoms. The van der Waals surface area contributed by atoms with E-state index < -0.39 is 23.0 Å². The number of fused-ring (bicyclic) bond motifs is 1. The van der Waals surface area contributed by atoms with Crippen LogP contribution in [0.5, 0.6) is 0 Å². The summed E-state index contributed by atoms with van der Waals surface area (Å²) in [6, 6.07) is 3.76. The molecule has 0 bridgehead atoms. The van der Waals surface area contributed by atoms with Gasteiger partial charge in [-0.1, -0.05) is 18.9 Å². The predicted octanol–water partition coefficient (Wildman–Crippen LogP) is 3.90. The molecule has 0 unspecified atom stereocenters. The average Bonchev–Trinajstić information content (AvgIpc) is 3.12. The van der Waals surface area contributed by atoms with E-state index in [1.807, 2.05) is 6.92 Å². The zero-order valence-corrected chi connectivity index (χ0v) is 16.0. The molecule has 3 aromatic rings. The SMILES string of the molecule is CCCSNc1ccc(F)c(C(=O)c2c[nH]c3ncc(C(=O)NC)cc23)c1F. The monoisotopic (exact) mass is 404 g/mol. The predicted molar refractivity (Wildman–Crippen MR) is 106 cm³/mol. The minimum absolute atomic E-state index is 0.0319. The largest absolute Gasteiger partial charge is 0.355 e. The third-order valence-corrected chi connectivity index (χ3v) is 5.05. The quantitative estimate of drug-likeness (QED) is 0.316. The lowest BCUT2D eigenvalue weighted by atomic mass is 10.0. The van der Waals surface area contributed by atoms with Gasteiger partial charge < -0.3 is 15.0 Å². The normalized spacial score (nSPS) is 10.9. The van der Waals surface area contributed by atoms with E-state index in [1.165, 1.54) is 43.5 Å². The Labute approximate surface area is 164 Å². The lowest BCUT2D eigenvalue weighted by Crippen LogP contribution is -2.18. The highest BCUT2D eigenvalue weighted by Crippen LogP contribution is 2.28. The van der Waals surface area contributed by atoms with Crippen LogP contribution >= 0.6 is 11.9 Å². The van der Waals surface area contributed by atoms with Crippen molar-refractivity contribution < 1.29 is 18.4 Å². The van der Waals surface area contributed by atoms with Gasteiger partial charge >= 0.3 is 0 Å². The molecule has 2 aromatic heterocycles. The first kappa shape index (κ1) is 19.8. The van der Waals surface area contributed by atoms with E-state index in [1.54, 1.807) is 0 Å². The van der Waals surface area contributed by atoms with Crippen LogP contribution in [0.25, 0.3) is 11.0 Å². The first-order valence-corrected chi connectivity index (χ1v) is 9.56. The minimum Gasteiger partial charge on any atom is -0.355 e. The Hall–Kier alpha value is -2.94. The smallest absolute Gasteiger partial charge is 0.252 e. The Morgan fingerprint density at radius 2 is 2.07 bits per heavy atom. The molecule has 3 N–H and O–H groups in total. The van der Waals surface area contributed by atoms with Crippen LogP contribution in [0.3, 0.4) is 0 Å². The van der Waals surface area contributed by atoms with E-state index in [2.05, 4.69) is 20.0 Å². The van der Waals surface area contributed by atoms with Crippen LogP contribution in [-0.4, -0.2) is 34.5 Å². The van der Waals surface area contributed by atoms with Crippen molar-refractivity contribution >= 4 is 40.4 Å². The van der Waals surface area contributed by atoms with Crippen molar-refractivity contribution in [1.29, 1.82) is 0 Å². The second kappa shape index (κ2) is 8.39. The summed E-state index contributed by atoms with van der Waals surface area (Å²) >= 11 is 1.27. The Bertz CT molecular complexity index is 1050. The second-order valence-corrected chi connectivity index (χ2v) is 6.87. The summed E-state index contributed by atoms with van der Waals surface area (Å²) in [7, 11) is 1.47. The lowest BCUT2D eigenvalue weighted by Gasteiger charge is -2.10. The van der Waals surface area contributed by atoms with E-state index in [-0.39, 0.29) is 22.7 Å². The molecule has 0 fully saturated rings. The number of halogens is 2. The van der Waals surface area contributed by atoms with Gasteiger partial charge in [0.25, 0.3) is 5.91 Å². The Kier molecular flexibility index (Phi) is 5.93. The number of hydrogen-bond donors (Lipinski definition) is 3.